The summed E-state index contributed by atoms with van der Waals surface area (Å²) < 4.78 is 1.06. The van der Waals surface area contributed by atoms with Crippen LogP contribution >= 0.6 is 27.7 Å². The predicted molar refractivity (Wildman–Crippen MR) is 83.9 cm³/mol. The maximum Gasteiger partial charge on any atom is 0.233 e. The highest BCUT2D eigenvalue weighted by Gasteiger charge is 2.53. The molecule has 0 bridgehead atoms. The molecular formula is C15H18BrNO2S. The van der Waals surface area contributed by atoms with Gasteiger partial charge in [-0.05, 0) is 49.4 Å². The number of rotatable bonds is 4. The van der Waals surface area contributed by atoms with Gasteiger partial charge in [-0.3, -0.25) is 4.79 Å². The van der Waals surface area contributed by atoms with Crippen LogP contribution in [0.5, 0.6) is 0 Å². The van der Waals surface area contributed by atoms with Crippen molar-refractivity contribution < 1.29 is 9.90 Å². The van der Waals surface area contributed by atoms with E-state index in [9.17, 15) is 9.90 Å². The molecule has 1 saturated carbocycles. The summed E-state index contributed by atoms with van der Waals surface area (Å²) in [6.07, 6.45) is 2.23. The molecule has 1 amide bonds. The average molecular weight is 356 g/mol. The first-order valence-corrected chi connectivity index (χ1v) is 8.65. The highest BCUT2D eigenvalue weighted by atomic mass is 79.9. The van der Waals surface area contributed by atoms with Gasteiger partial charge in [0.15, 0.2) is 0 Å². The molecule has 0 aromatic heterocycles. The van der Waals surface area contributed by atoms with Crippen LogP contribution in [-0.4, -0.2) is 40.4 Å². The topological polar surface area (TPSA) is 40.5 Å². The number of aliphatic hydroxyl groups is 1. The molecule has 1 heterocycles. The predicted octanol–water partition coefficient (Wildman–Crippen LogP) is 2.83. The third-order valence-electron chi connectivity index (χ3n) is 4.11. The molecular weight excluding hydrogens is 338 g/mol. The van der Waals surface area contributed by atoms with E-state index >= 15 is 0 Å². The van der Waals surface area contributed by atoms with Gasteiger partial charge < -0.3 is 10.0 Å². The number of aryl methyl sites for hydroxylation is 1. The smallest absolute Gasteiger partial charge is 0.233 e. The zero-order chi connectivity index (χ0) is 14.3. The van der Waals surface area contributed by atoms with Gasteiger partial charge in [0.25, 0.3) is 0 Å². The minimum Gasteiger partial charge on any atom is -0.386 e. The van der Waals surface area contributed by atoms with Gasteiger partial charge in [-0.1, -0.05) is 15.9 Å². The Balaban J connectivity index is 1.50. The number of thioether (sulfide) groups is 1. The number of amides is 1. The molecule has 1 aromatic rings. The average Bonchev–Trinajstić information content (AvgIpc) is 3.18. The maximum absolute atomic E-state index is 12.1. The lowest BCUT2D eigenvalue weighted by atomic mass is 9.89. The van der Waals surface area contributed by atoms with Crippen molar-refractivity contribution in [2.24, 2.45) is 5.92 Å². The Morgan fingerprint density at radius 3 is 2.80 bits per heavy atom. The molecule has 108 valence electrons. The molecule has 0 atom stereocenters. The molecule has 5 heteroatoms. The standard InChI is InChI=1S/C15H18BrNO2S/c1-10-6-12(16)4-5-13(10)20-7-14(18)17-8-15(19,9-17)11-2-3-11/h4-6,11,19H,2-3,7-9H2,1H3. The third-order valence-corrected chi connectivity index (χ3v) is 5.76. The number of likely N-dealkylation sites (tertiary alicyclic amines) is 1. The molecule has 0 radical (unpaired) electrons. The lowest BCUT2D eigenvalue weighted by molar-refractivity contribution is -0.156. The molecule has 1 saturated heterocycles. The lowest BCUT2D eigenvalue weighted by Gasteiger charge is -2.47. The second-order valence-corrected chi connectivity index (χ2v) is 7.76. The summed E-state index contributed by atoms with van der Waals surface area (Å²) in [7, 11) is 0. The Labute approximate surface area is 131 Å². The zero-order valence-electron chi connectivity index (χ0n) is 11.4. The van der Waals surface area contributed by atoms with Crippen molar-refractivity contribution >= 4 is 33.6 Å². The van der Waals surface area contributed by atoms with Crippen molar-refractivity contribution in [3.63, 3.8) is 0 Å². The number of carbonyl (C=O) groups is 1. The Bertz CT molecular complexity index is 539. The summed E-state index contributed by atoms with van der Waals surface area (Å²) >= 11 is 5.01. The molecule has 2 fully saturated rings. The van der Waals surface area contributed by atoms with Crippen molar-refractivity contribution in [2.75, 3.05) is 18.8 Å². The first-order chi connectivity index (χ1) is 9.48. The zero-order valence-corrected chi connectivity index (χ0v) is 13.8. The number of β-amino-alcohol motifs (C(OH)–C–C–N with tert-alkyl or cyclic N) is 1. The summed E-state index contributed by atoms with van der Waals surface area (Å²) in [5.41, 5.74) is 0.601. The molecule has 0 spiro atoms. The second-order valence-electron chi connectivity index (χ2n) is 5.83. The molecule has 3 nitrogen and oxygen atoms in total. The van der Waals surface area contributed by atoms with E-state index in [1.807, 2.05) is 19.1 Å². The Morgan fingerprint density at radius 1 is 1.50 bits per heavy atom. The number of carbonyl (C=O) groups excluding carboxylic acids is 1. The Kier molecular flexibility index (Phi) is 3.86. The SMILES string of the molecule is Cc1cc(Br)ccc1SCC(=O)N1CC(O)(C2CC2)C1. The van der Waals surface area contributed by atoms with Crippen LogP contribution in [0.25, 0.3) is 0 Å². The van der Waals surface area contributed by atoms with Gasteiger partial charge in [0.2, 0.25) is 5.91 Å². The van der Waals surface area contributed by atoms with Crippen molar-refractivity contribution in [2.45, 2.75) is 30.3 Å². The quantitative estimate of drug-likeness (QED) is 0.844. The fourth-order valence-electron chi connectivity index (χ4n) is 2.68. The second kappa shape index (κ2) is 5.35. The van der Waals surface area contributed by atoms with Crippen molar-refractivity contribution in [1.82, 2.24) is 4.90 Å². The first kappa shape index (κ1) is 14.4. The molecule has 2 aliphatic rings. The van der Waals surface area contributed by atoms with Gasteiger partial charge in [-0.15, -0.1) is 11.8 Å². The summed E-state index contributed by atoms with van der Waals surface area (Å²) in [5.74, 6) is 1.01. The summed E-state index contributed by atoms with van der Waals surface area (Å²) in [6, 6.07) is 6.09. The molecule has 1 aromatic carbocycles. The third kappa shape index (κ3) is 2.90. The molecule has 1 aliphatic heterocycles. The van der Waals surface area contributed by atoms with Crippen molar-refractivity contribution in [3.05, 3.63) is 28.2 Å². The van der Waals surface area contributed by atoms with E-state index < -0.39 is 5.60 Å². The molecule has 20 heavy (non-hydrogen) atoms. The van der Waals surface area contributed by atoms with Crippen LogP contribution in [0.1, 0.15) is 18.4 Å². The highest BCUT2D eigenvalue weighted by molar-refractivity contribution is 9.10. The van der Waals surface area contributed by atoms with Gasteiger partial charge in [-0.2, -0.15) is 0 Å². The van der Waals surface area contributed by atoms with Crippen LogP contribution in [0.4, 0.5) is 0 Å². The first-order valence-electron chi connectivity index (χ1n) is 6.87. The van der Waals surface area contributed by atoms with Gasteiger partial charge in [0.1, 0.15) is 5.60 Å². The van der Waals surface area contributed by atoms with Gasteiger partial charge in [0, 0.05) is 9.37 Å². The molecule has 3 rings (SSSR count). The van der Waals surface area contributed by atoms with Crippen molar-refractivity contribution in [3.8, 4) is 0 Å². The summed E-state index contributed by atoms with van der Waals surface area (Å²) in [6.45, 7) is 3.10. The normalized spacial score (nSPS) is 20.6. The molecule has 1 N–H and O–H groups in total. The minimum atomic E-state index is -0.576. The summed E-state index contributed by atoms with van der Waals surface area (Å²) in [5, 5.41) is 10.2. The van der Waals surface area contributed by atoms with Gasteiger partial charge >= 0.3 is 0 Å². The van der Waals surface area contributed by atoms with Crippen molar-refractivity contribution in [1.29, 1.82) is 0 Å². The van der Waals surface area contributed by atoms with E-state index in [-0.39, 0.29) is 5.91 Å². The van der Waals surface area contributed by atoms with Crippen LogP contribution in [-0.2, 0) is 4.79 Å². The van der Waals surface area contributed by atoms with E-state index in [2.05, 4.69) is 22.0 Å². The monoisotopic (exact) mass is 355 g/mol. The van der Waals surface area contributed by atoms with Crippen LogP contribution in [0.2, 0.25) is 0 Å². The van der Waals surface area contributed by atoms with E-state index in [0.29, 0.717) is 24.8 Å². The van der Waals surface area contributed by atoms with E-state index in [1.165, 1.54) is 5.56 Å². The molecule has 0 unspecified atom stereocenters. The van der Waals surface area contributed by atoms with Crippen LogP contribution in [0.3, 0.4) is 0 Å². The number of hydrogen-bond acceptors (Lipinski definition) is 3. The van der Waals surface area contributed by atoms with Gasteiger partial charge in [0.05, 0.1) is 18.8 Å². The fraction of sp³-hybridized carbons (Fsp3) is 0.533. The maximum atomic E-state index is 12.1. The van der Waals surface area contributed by atoms with Crippen LogP contribution in [0, 0.1) is 12.8 Å². The largest absolute Gasteiger partial charge is 0.386 e. The summed E-state index contributed by atoms with van der Waals surface area (Å²) in [4.78, 5) is 15.0. The van der Waals surface area contributed by atoms with E-state index in [1.54, 1.807) is 16.7 Å². The fourth-order valence-corrected chi connectivity index (χ4v) is 4.06. The van der Waals surface area contributed by atoms with E-state index in [4.69, 9.17) is 0 Å². The number of hydrogen-bond donors (Lipinski definition) is 1. The lowest BCUT2D eigenvalue weighted by Crippen LogP contribution is -2.65. The Morgan fingerprint density at radius 2 is 2.20 bits per heavy atom. The highest BCUT2D eigenvalue weighted by Crippen LogP contribution is 2.44. The van der Waals surface area contributed by atoms with Crippen LogP contribution in [0.15, 0.2) is 27.6 Å². The number of halogens is 1. The number of nitrogens with zero attached hydrogens (tertiary/aromatic N) is 1. The Hall–Kier alpha value is -0.520. The number of benzene rings is 1. The van der Waals surface area contributed by atoms with E-state index in [0.717, 1.165) is 22.2 Å². The minimum absolute atomic E-state index is 0.127. The molecule has 1 aliphatic carbocycles. The van der Waals surface area contributed by atoms with Crippen LogP contribution < -0.4 is 0 Å². The van der Waals surface area contributed by atoms with Gasteiger partial charge in [-0.25, -0.2) is 0 Å².